The summed E-state index contributed by atoms with van der Waals surface area (Å²) in [5.74, 6) is -0.0471. The summed E-state index contributed by atoms with van der Waals surface area (Å²) in [5, 5.41) is 6.88. The van der Waals surface area contributed by atoms with Crippen LogP contribution in [0.5, 0.6) is 0 Å². The van der Waals surface area contributed by atoms with Crippen LogP contribution in [0, 0.1) is 0 Å². The average molecular weight is 233 g/mol. The Morgan fingerprint density at radius 1 is 1.41 bits per heavy atom. The number of nitrogen functional groups attached to an aromatic ring is 1. The van der Waals surface area contributed by atoms with Gasteiger partial charge in [-0.05, 0) is 32.9 Å². The lowest BCUT2D eigenvalue weighted by molar-refractivity contribution is 0.0912. The first kappa shape index (κ1) is 11.4. The second-order valence-corrected chi connectivity index (χ2v) is 4.88. The summed E-state index contributed by atoms with van der Waals surface area (Å²) in [4.78, 5) is 15.9. The molecule has 0 bridgehead atoms. The van der Waals surface area contributed by atoms with E-state index in [-0.39, 0.29) is 17.4 Å². The van der Waals surface area contributed by atoms with Crippen LogP contribution in [0.3, 0.4) is 0 Å². The van der Waals surface area contributed by atoms with E-state index in [1.807, 2.05) is 20.8 Å². The number of nitrogens with two attached hydrogens (primary N) is 1. The number of hydrogen-bond acceptors (Lipinski definition) is 4. The monoisotopic (exact) mass is 233 g/mol. The van der Waals surface area contributed by atoms with Crippen molar-refractivity contribution >= 4 is 17.4 Å². The van der Waals surface area contributed by atoms with Crippen LogP contribution < -0.4 is 11.1 Å². The quantitative estimate of drug-likeness (QED) is 0.764. The zero-order valence-electron chi connectivity index (χ0n) is 10.1. The van der Waals surface area contributed by atoms with Crippen molar-refractivity contribution in [1.29, 1.82) is 0 Å². The molecule has 0 radical (unpaired) electrons. The standard InChI is InChI=1S/C11H15N5O/c1-11(2,3)14-9(17)8-5-4-7-6-13-10(12)15-16(7)8/h4-6H,1-3H3,(H2,12,15)(H,14,17). The third kappa shape index (κ3) is 2.35. The fourth-order valence-electron chi connectivity index (χ4n) is 1.49. The number of nitrogens with one attached hydrogen (secondary N) is 1. The van der Waals surface area contributed by atoms with Gasteiger partial charge in [-0.2, -0.15) is 0 Å². The molecule has 0 saturated carbocycles. The predicted molar refractivity (Wildman–Crippen MR) is 64.6 cm³/mol. The molecular weight excluding hydrogens is 218 g/mol. The molecule has 0 atom stereocenters. The van der Waals surface area contributed by atoms with Gasteiger partial charge >= 0.3 is 0 Å². The Hall–Kier alpha value is -2.11. The van der Waals surface area contributed by atoms with Crippen molar-refractivity contribution in [3.8, 4) is 0 Å². The van der Waals surface area contributed by atoms with Crippen LogP contribution in [0.1, 0.15) is 31.3 Å². The summed E-state index contributed by atoms with van der Waals surface area (Å²) in [6, 6.07) is 3.47. The molecule has 2 aromatic rings. The van der Waals surface area contributed by atoms with Gasteiger partial charge in [0.2, 0.25) is 5.95 Å². The maximum absolute atomic E-state index is 12.0. The highest BCUT2D eigenvalue weighted by molar-refractivity contribution is 5.94. The average Bonchev–Trinajstić information content (AvgIpc) is 2.57. The Kier molecular flexibility index (Phi) is 2.49. The van der Waals surface area contributed by atoms with Crippen molar-refractivity contribution in [1.82, 2.24) is 19.9 Å². The van der Waals surface area contributed by atoms with Crippen molar-refractivity contribution in [3.05, 3.63) is 24.0 Å². The van der Waals surface area contributed by atoms with E-state index in [0.717, 1.165) is 5.52 Å². The minimum absolute atomic E-state index is 0.138. The molecule has 2 rings (SSSR count). The van der Waals surface area contributed by atoms with Gasteiger partial charge in [-0.3, -0.25) is 4.79 Å². The maximum Gasteiger partial charge on any atom is 0.270 e. The minimum Gasteiger partial charge on any atom is -0.367 e. The van der Waals surface area contributed by atoms with Gasteiger partial charge in [-0.15, -0.1) is 5.10 Å². The Morgan fingerprint density at radius 3 is 2.76 bits per heavy atom. The molecule has 0 aromatic carbocycles. The van der Waals surface area contributed by atoms with Gasteiger partial charge < -0.3 is 11.1 Å². The maximum atomic E-state index is 12.0. The first-order valence-corrected chi connectivity index (χ1v) is 5.29. The largest absolute Gasteiger partial charge is 0.367 e. The van der Waals surface area contributed by atoms with E-state index in [1.165, 1.54) is 4.52 Å². The molecule has 17 heavy (non-hydrogen) atoms. The van der Waals surface area contributed by atoms with E-state index in [0.29, 0.717) is 5.69 Å². The molecule has 6 heteroatoms. The Balaban J connectivity index is 2.42. The first-order chi connectivity index (χ1) is 7.87. The predicted octanol–water partition coefficient (Wildman–Crippen LogP) is 0.840. The molecule has 2 aromatic heterocycles. The molecule has 0 fully saturated rings. The molecule has 90 valence electrons. The van der Waals surface area contributed by atoms with Gasteiger partial charge in [0.1, 0.15) is 5.69 Å². The van der Waals surface area contributed by atoms with Crippen molar-refractivity contribution < 1.29 is 4.79 Å². The second-order valence-electron chi connectivity index (χ2n) is 4.88. The van der Waals surface area contributed by atoms with Gasteiger partial charge in [-0.25, -0.2) is 9.50 Å². The lowest BCUT2D eigenvalue weighted by Crippen LogP contribution is -2.41. The number of amides is 1. The minimum atomic E-state index is -0.292. The number of carbonyl (C=O) groups excluding carboxylic acids is 1. The molecule has 0 unspecified atom stereocenters. The van der Waals surface area contributed by atoms with Crippen molar-refractivity contribution in [2.75, 3.05) is 5.73 Å². The molecule has 0 aliphatic heterocycles. The van der Waals surface area contributed by atoms with E-state index in [9.17, 15) is 4.79 Å². The van der Waals surface area contributed by atoms with Gasteiger partial charge in [0.05, 0.1) is 11.7 Å². The van der Waals surface area contributed by atoms with Crippen molar-refractivity contribution in [2.24, 2.45) is 0 Å². The number of aromatic nitrogens is 3. The highest BCUT2D eigenvalue weighted by Gasteiger charge is 2.18. The van der Waals surface area contributed by atoms with Crippen molar-refractivity contribution in [2.45, 2.75) is 26.3 Å². The third-order valence-corrected chi connectivity index (χ3v) is 2.14. The first-order valence-electron chi connectivity index (χ1n) is 5.29. The SMILES string of the molecule is CC(C)(C)NC(=O)c1ccc2cnc(N)nn12. The van der Waals surface area contributed by atoms with E-state index in [1.54, 1.807) is 18.3 Å². The number of nitrogens with zero attached hydrogens (tertiary/aromatic N) is 3. The van der Waals surface area contributed by atoms with Crippen LogP contribution in [-0.4, -0.2) is 26.0 Å². The molecule has 2 heterocycles. The Bertz CT molecular complexity index is 567. The van der Waals surface area contributed by atoms with Gasteiger partial charge in [-0.1, -0.05) is 0 Å². The second kappa shape index (κ2) is 3.73. The number of carbonyl (C=O) groups is 1. The van der Waals surface area contributed by atoms with Crippen LogP contribution >= 0.6 is 0 Å². The highest BCUT2D eigenvalue weighted by atomic mass is 16.2. The molecule has 1 amide bonds. The Morgan fingerprint density at radius 2 is 2.12 bits per heavy atom. The van der Waals surface area contributed by atoms with Gasteiger partial charge in [0.25, 0.3) is 5.91 Å². The summed E-state index contributed by atoms with van der Waals surface area (Å²) in [5.41, 5.74) is 6.40. The lowest BCUT2D eigenvalue weighted by atomic mass is 10.1. The summed E-state index contributed by atoms with van der Waals surface area (Å²) in [7, 11) is 0. The van der Waals surface area contributed by atoms with Gasteiger partial charge in [0.15, 0.2) is 0 Å². The highest BCUT2D eigenvalue weighted by Crippen LogP contribution is 2.10. The van der Waals surface area contributed by atoms with Gasteiger partial charge in [0, 0.05) is 5.54 Å². The van der Waals surface area contributed by atoms with E-state index in [4.69, 9.17) is 5.73 Å². The summed E-state index contributed by atoms with van der Waals surface area (Å²) < 4.78 is 1.49. The van der Waals surface area contributed by atoms with E-state index in [2.05, 4.69) is 15.4 Å². The molecule has 0 aliphatic carbocycles. The van der Waals surface area contributed by atoms with Crippen molar-refractivity contribution in [3.63, 3.8) is 0 Å². The number of rotatable bonds is 1. The smallest absolute Gasteiger partial charge is 0.270 e. The normalized spacial score (nSPS) is 11.7. The van der Waals surface area contributed by atoms with E-state index >= 15 is 0 Å². The summed E-state index contributed by atoms with van der Waals surface area (Å²) >= 11 is 0. The van der Waals surface area contributed by atoms with Crippen LogP contribution in [-0.2, 0) is 0 Å². The number of hydrogen-bond donors (Lipinski definition) is 2. The van der Waals surface area contributed by atoms with Crippen LogP contribution in [0.2, 0.25) is 0 Å². The molecular formula is C11H15N5O. The number of fused-ring (bicyclic) bond motifs is 1. The molecule has 0 aliphatic rings. The fourth-order valence-corrected chi connectivity index (χ4v) is 1.49. The zero-order chi connectivity index (χ0) is 12.6. The van der Waals surface area contributed by atoms with Crippen LogP contribution in [0.4, 0.5) is 5.95 Å². The zero-order valence-corrected chi connectivity index (χ0v) is 10.1. The van der Waals surface area contributed by atoms with Crippen LogP contribution in [0.15, 0.2) is 18.3 Å². The Labute approximate surface area is 98.8 Å². The molecule has 6 nitrogen and oxygen atoms in total. The summed E-state index contributed by atoms with van der Waals surface area (Å²) in [6.07, 6.45) is 1.58. The van der Waals surface area contributed by atoms with E-state index < -0.39 is 0 Å². The fraction of sp³-hybridized carbons (Fsp3) is 0.364. The lowest BCUT2D eigenvalue weighted by Gasteiger charge is -2.20. The topological polar surface area (TPSA) is 85.3 Å². The molecule has 0 spiro atoms. The third-order valence-electron chi connectivity index (χ3n) is 2.14. The number of anilines is 1. The van der Waals surface area contributed by atoms with Crippen LogP contribution in [0.25, 0.3) is 5.52 Å². The molecule has 3 N–H and O–H groups in total. The summed E-state index contributed by atoms with van der Waals surface area (Å²) in [6.45, 7) is 5.76. The molecule has 0 saturated heterocycles.